The Balaban J connectivity index is 2.30. The first-order valence-corrected chi connectivity index (χ1v) is 7.69. The second-order valence-corrected chi connectivity index (χ2v) is 5.92. The molecule has 0 aliphatic carbocycles. The predicted molar refractivity (Wildman–Crippen MR) is 94.6 cm³/mol. The van der Waals surface area contributed by atoms with Gasteiger partial charge in [0.15, 0.2) is 11.0 Å². The highest BCUT2D eigenvalue weighted by Crippen LogP contribution is 2.46. The molecule has 5 rings (SSSR count). The van der Waals surface area contributed by atoms with Crippen molar-refractivity contribution in [2.45, 2.75) is 0 Å². The van der Waals surface area contributed by atoms with E-state index in [1.165, 1.54) is 37.4 Å². The van der Waals surface area contributed by atoms with Crippen LogP contribution in [0, 0.1) is 0 Å². The Hall–Kier alpha value is -3.74. The zero-order valence-corrected chi connectivity index (χ0v) is 13.3. The van der Waals surface area contributed by atoms with Gasteiger partial charge in [-0.3, -0.25) is 4.79 Å². The van der Waals surface area contributed by atoms with E-state index in [0.29, 0.717) is 11.1 Å². The molecular formula is C19H10O7. The second kappa shape index (κ2) is 4.66. The third kappa shape index (κ3) is 1.57. The summed E-state index contributed by atoms with van der Waals surface area (Å²) in [6.45, 7) is 0. The Bertz CT molecular complexity index is 1470. The van der Waals surface area contributed by atoms with E-state index in [1.54, 1.807) is 0 Å². The van der Waals surface area contributed by atoms with Crippen molar-refractivity contribution >= 4 is 43.5 Å². The molecule has 0 aliphatic rings. The summed E-state index contributed by atoms with van der Waals surface area (Å²) in [6, 6.07) is 7.32. The first-order valence-electron chi connectivity index (χ1n) is 7.69. The molecule has 0 unspecified atom stereocenters. The summed E-state index contributed by atoms with van der Waals surface area (Å²) in [6.07, 6.45) is 0. The Morgan fingerprint density at radius 3 is 2.46 bits per heavy atom. The van der Waals surface area contributed by atoms with Gasteiger partial charge in [-0.15, -0.1) is 0 Å². The first kappa shape index (κ1) is 14.6. The van der Waals surface area contributed by atoms with Gasteiger partial charge >= 0.3 is 5.63 Å². The molecule has 5 aromatic rings. The van der Waals surface area contributed by atoms with E-state index >= 15 is 0 Å². The number of hydrogen-bond donors (Lipinski definition) is 2. The minimum absolute atomic E-state index is 0.00885. The van der Waals surface area contributed by atoms with Crippen LogP contribution in [0.2, 0.25) is 0 Å². The number of hydrogen-bond acceptors (Lipinski definition) is 7. The number of benzene rings is 3. The van der Waals surface area contributed by atoms with Gasteiger partial charge in [-0.05, 0) is 18.2 Å². The molecule has 2 heterocycles. The Morgan fingerprint density at radius 2 is 1.69 bits per heavy atom. The van der Waals surface area contributed by atoms with E-state index in [1.807, 2.05) is 0 Å². The highest BCUT2D eigenvalue weighted by Gasteiger charge is 2.26. The monoisotopic (exact) mass is 350 g/mol. The average molecular weight is 350 g/mol. The van der Waals surface area contributed by atoms with Crippen molar-refractivity contribution in [2.24, 2.45) is 0 Å². The Labute approximate surface area is 143 Å². The number of fused-ring (bicyclic) bond motifs is 2. The highest BCUT2D eigenvalue weighted by molar-refractivity contribution is 6.29. The molecule has 0 amide bonds. The van der Waals surface area contributed by atoms with Crippen molar-refractivity contribution in [1.82, 2.24) is 0 Å². The van der Waals surface area contributed by atoms with Crippen molar-refractivity contribution in [3.63, 3.8) is 0 Å². The average Bonchev–Trinajstić information content (AvgIpc) is 2.63. The number of aromatic hydroxyl groups is 2. The summed E-state index contributed by atoms with van der Waals surface area (Å²) in [7, 11) is 1.42. The van der Waals surface area contributed by atoms with Gasteiger partial charge in [0.2, 0.25) is 0 Å². The molecule has 0 spiro atoms. The van der Waals surface area contributed by atoms with Gasteiger partial charge in [0.1, 0.15) is 27.9 Å². The van der Waals surface area contributed by atoms with Gasteiger partial charge in [-0.2, -0.15) is 0 Å². The summed E-state index contributed by atoms with van der Waals surface area (Å²) in [5.74, 6) is -0.554. The van der Waals surface area contributed by atoms with Crippen LogP contribution < -0.4 is 15.8 Å². The summed E-state index contributed by atoms with van der Waals surface area (Å²) in [5.41, 5.74) is -0.994. The maximum atomic E-state index is 12.5. The topological polar surface area (TPSA) is 110 Å². The second-order valence-electron chi connectivity index (χ2n) is 5.92. The quantitative estimate of drug-likeness (QED) is 0.271. The number of phenols is 1. The third-order valence-corrected chi connectivity index (χ3v) is 4.64. The molecule has 7 heteroatoms. The van der Waals surface area contributed by atoms with Crippen LogP contribution in [0.5, 0.6) is 17.4 Å². The predicted octanol–water partition coefficient (Wildman–Crippen LogP) is 3.06. The lowest BCUT2D eigenvalue weighted by atomic mass is 9.97. The van der Waals surface area contributed by atoms with Crippen LogP contribution in [0.15, 0.2) is 48.8 Å². The Kier molecular flexibility index (Phi) is 2.62. The third-order valence-electron chi connectivity index (χ3n) is 4.64. The van der Waals surface area contributed by atoms with Crippen LogP contribution >= 0.6 is 0 Å². The van der Waals surface area contributed by atoms with E-state index in [4.69, 9.17) is 13.6 Å². The molecule has 2 N–H and O–H groups in total. The summed E-state index contributed by atoms with van der Waals surface area (Å²) in [5, 5.41) is 21.9. The van der Waals surface area contributed by atoms with Crippen molar-refractivity contribution in [3.05, 3.63) is 51.0 Å². The standard InChI is InChI=1S/C19H10O7/c1-24-9-5-6-10-12-13(9)18(22)26-17-11-7(3-2-4-8(11)20)16(21)15(14(12)17)19(23)25-10/h2-6,21-22H,1H3. The zero-order chi connectivity index (χ0) is 18.2. The van der Waals surface area contributed by atoms with E-state index in [-0.39, 0.29) is 43.8 Å². The van der Waals surface area contributed by atoms with Crippen molar-refractivity contribution in [1.29, 1.82) is 0 Å². The molecule has 0 saturated heterocycles. The van der Waals surface area contributed by atoms with Crippen LogP contribution in [0.4, 0.5) is 0 Å². The SMILES string of the molecule is COc1ccc2oc(=O)c3c(O)c4cccc(=O)c4c4oc(O)c1c2c34. The molecule has 128 valence electrons. The molecule has 0 saturated carbocycles. The van der Waals surface area contributed by atoms with Gasteiger partial charge in [0.25, 0.3) is 5.95 Å². The van der Waals surface area contributed by atoms with Crippen LogP contribution in [-0.2, 0) is 0 Å². The number of ether oxygens (including phenoxy) is 1. The Morgan fingerprint density at radius 1 is 0.885 bits per heavy atom. The molecule has 3 aromatic carbocycles. The molecule has 2 aromatic heterocycles. The van der Waals surface area contributed by atoms with Crippen molar-refractivity contribution in [2.75, 3.05) is 7.11 Å². The van der Waals surface area contributed by atoms with Gasteiger partial charge in [0, 0.05) is 16.2 Å². The smallest absolute Gasteiger partial charge is 0.348 e. The largest absolute Gasteiger partial charge is 0.506 e. The highest BCUT2D eigenvalue weighted by atomic mass is 16.5. The summed E-state index contributed by atoms with van der Waals surface area (Å²) < 4.78 is 16.1. The lowest BCUT2D eigenvalue weighted by Crippen LogP contribution is -2.06. The molecule has 26 heavy (non-hydrogen) atoms. The molecule has 0 radical (unpaired) electrons. The number of phenolic OH excluding ortho intramolecular Hbond substituents is 1. The molecule has 0 aliphatic heterocycles. The first-order chi connectivity index (χ1) is 12.5. The number of rotatable bonds is 1. The normalized spacial score (nSPS) is 11.9. The minimum Gasteiger partial charge on any atom is -0.506 e. The van der Waals surface area contributed by atoms with E-state index in [0.717, 1.165) is 0 Å². The molecular weight excluding hydrogens is 340 g/mol. The minimum atomic E-state index is -0.773. The molecule has 0 bridgehead atoms. The van der Waals surface area contributed by atoms with E-state index in [9.17, 15) is 19.8 Å². The molecule has 0 fully saturated rings. The summed E-state index contributed by atoms with van der Waals surface area (Å²) in [4.78, 5) is 24.9. The van der Waals surface area contributed by atoms with Crippen LogP contribution in [0.1, 0.15) is 0 Å². The number of methoxy groups -OCH3 is 1. The molecule has 7 nitrogen and oxygen atoms in total. The fourth-order valence-corrected chi connectivity index (χ4v) is 3.57. The fourth-order valence-electron chi connectivity index (χ4n) is 3.57. The van der Waals surface area contributed by atoms with Crippen molar-refractivity contribution < 1.29 is 23.8 Å². The molecule has 0 atom stereocenters. The maximum absolute atomic E-state index is 12.5. The fraction of sp³-hybridized carbons (Fsp3) is 0.0526. The van der Waals surface area contributed by atoms with Crippen LogP contribution in [-0.4, -0.2) is 17.3 Å². The maximum Gasteiger partial charge on any atom is 0.348 e. The lowest BCUT2D eigenvalue weighted by molar-refractivity contribution is 0.344. The van der Waals surface area contributed by atoms with Gasteiger partial charge in [-0.1, -0.05) is 12.1 Å². The summed E-state index contributed by atoms with van der Waals surface area (Å²) >= 11 is 0. The van der Waals surface area contributed by atoms with E-state index in [2.05, 4.69) is 0 Å². The van der Waals surface area contributed by atoms with Crippen LogP contribution in [0.3, 0.4) is 0 Å². The van der Waals surface area contributed by atoms with Gasteiger partial charge in [0.05, 0.1) is 12.5 Å². The zero-order valence-electron chi connectivity index (χ0n) is 13.3. The lowest BCUT2D eigenvalue weighted by Gasteiger charge is -2.14. The van der Waals surface area contributed by atoms with Crippen molar-refractivity contribution in [3.8, 4) is 17.4 Å². The van der Waals surface area contributed by atoms with Gasteiger partial charge < -0.3 is 23.8 Å². The van der Waals surface area contributed by atoms with E-state index < -0.39 is 17.0 Å². The van der Waals surface area contributed by atoms with Crippen LogP contribution in [0.25, 0.3) is 43.5 Å². The van der Waals surface area contributed by atoms with Gasteiger partial charge in [-0.25, -0.2) is 4.79 Å².